The van der Waals surface area contributed by atoms with Crippen LogP contribution in [0.15, 0.2) is 18.2 Å². The molecule has 1 fully saturated rings. The molecule has 1 aromatic carbocycles. The highest BCUT2D eigenvalue weighted by Crippen LogP contribution is 2.35. The van der Waals surface area contributed by atoms with E-state index in [1.807, 2.05) is 7.05 Å². The van der Waals surface area contributed by atoms with E-state index in [9.17, 15) is 8.78 Å². The van der Waals surface area contributed by atoms with E-state index in [4.69, 9.17) is 0 Å². The molecule has 1 aliphatic rings. The van der Waals surface area contributed by atoms with Gasteiger partial charge in [-0.15, -0.1) is 0 Å². The molecule has 0 bridgehead atoms. The standard InChI is InChI=1S/C17H25F2N/c1-11(2)12-5-7-17(20-3)14(8-12)9-13-4-6-15(18)10-16(13)19/h4,6,10-12,14,17,20H,5,7-9H2,1-3H3. The Morgan fingerprint density at radius 3 is 2.60 bits per heavy atom. The highest BCUT2D eigenvalue weighted by atomic mass is 19.1. The van der Waals surface area contributed by atoms with Gasteiger partial charge in [0, 0.05) is 12.1 Å². The van der Waals surface area contributed by atoms with Crippen molar-refractivity contribution in [1.29, 1.82) is 0 Å². The van der Waals surface area contributed by atoms with Crippen LogP contribution in [-0.4, -0.2) is 13.1 Å². The first kappa shape index (κ1) is 15.4. The predicted octanol–water partition coefficient (Wildman–Crippen LogP) is 4.17. The summed E-state index contributed by atoms with van der Waals surface area (Å²) in [6.45, 7) is 4.53. The summed E-state index contributed by atoms with van der Waals surface area (Å²) in [6, 6.07) is 4.38. The quantitative estimate of drug-likeness (QED) is 0.873. The van der Waals surface area contributed by atoms with E-state index in [1.165, 1.54) is 12.5 Å². The second-order valence-electron chi connectivity index (χ2n) is 6.41. The Morgan fingerprint density at radius 2 is 2.00 bits per heavy atom. The van der Waals surface area contributed by atoms with Crippen LogP contribution in [-0.2, 0) is 6.42 Å². The lowest BCUT2D eigenvalue weighted by molar-refractivity contribution is 0.172. The minimum absolute atomic E-state index is 0.411. The summed E-state index contributed by atoms with van der Waals surface area (Å²) in [4.78, 5) is 0. The highest BCUT2D eigenvalue weighted by Gasteiger charge is 2.31. The number of rotatable bonds is 4. The Labute approximate surface area is 120 Å². The Morgan fingerprint density at radius 1 is 1.25 bits per heavy atom. The molecule has 0 saturated heterocycles. The summed E-state index contributed by atoms with van der Waals surface area (Å²) in [5.41, 5.74) is 0.640. The molecule has 2 rings (SSSR count). The normalized spacial score (nSPS) is 27.0. The lowest BCUT2D eigenvalue weighted by atomic mass is 9.72. The average molecular weight is 281 g/mol. The molecule has 0 amide bonds. The van der Waals surface area contributed by atoms with Crippen LogP contribution >= 0.6 is 0 Å². The van der Waals surface area contributed by atoms with Crippen molar-refractivity contribution < 1.29 is 8.78 Å². The Hall–Kier alpha value is -0.960. The van der Waals surface area contributed by atoms with Gasteiger partial charge < -0.3 is 5.32 Å². The summed E-state index contributed by atoms with van der Waals surface area (Å²) < 4.78 is 26.8. The van der Waals surface area contributed by atoms with Crippen molar-refractivity contribution in [2.75, 3.05) is 7.05 Å². The topological polar surface area (TPSA) is 12.0 Å². The van der Waals surface area contributed by atoms with Crippen LogP contribution < -0.4 is 5.32 Å². The van der Waals surface area contributed by atoms with E-state index in [2.05, 4.69) is 19.2 Å². The minimum Gasteiger partial charge on any atom is -0.317 e. The molecule has 0 radical (unpaired) electrons. The van der Waals surface area contributed by atoms with Crippen LogP contribution in [0, 0.1) is 29.4 Å². The molecular formula is C17H25F2N. The van der Waals surface area contributed by atoms with Crippen molar-refractivity contribution in [2.45, 2.75) is 45.6 Å². The Bertz CT molecular complexity index is 445. The summed E-state index contributed by atoms with van der Waals surface area (Å²) in [5, 5.41) is 3.37. The molecule has 0 heterocycles. The zero-order chi connectivity index (χ0) is 14.7. The van der Waals surface area contributed by atoms with Crippen molar-refractivity contribution in [3.05, 3.63) is 35.4 Å². The van der Waals surface area contributed by atoms with Crippen molar-refractivity contribution in [2.24, 2.45) is 17.8 Å². The van der Waals surface area contributed by atoms with Crippen molar-refractivity contribution in [3.8, 4) is 0 Å². The zero-order valence-electron chi connectivity index (χ0n) is 12.6. The third-order valence-corrected chi connectivity index (χ3v) is 4.83. The first-order valence-electron chi connectivity index (χ1n) is 7.62. The van der Waals surface area contributed by atoms with Gasteiger partial charge in [0.15, 0.2) is 0 Å². The molecule has 3 unspecified atom stereocenters. The summed E-state index contributed by atoms with van der Waals surface area (Å²) in [7, 11) is 1.98. The van der Waals surface area contributed by atoms with E-state index < -0.39 is 11.6 Å². The lowest BCUT2D eigenvalue weighted by Gasteiger charge is -2.38. The molecule has 0 aromatic heterocycles. The van der Waals surface area contributed by atoms with Gasteiger partial charge in [0.2, 0.25) is 0 Å². The molecule has 20 heavy (non-hydrogen) atoms. The summed E-state index contributed by atoms with van der Waals surface area (Å²) >= 11 is 0. The third kappa shape index (κ3) is 3.57. The Balaban J connectivity index is 2.11. The van der Waals surface area contributed by atoms with Crippen molar-refractivity contribution in [3.63, 3.8) is 0 Å². The maximum atomic E-state index is 13.8. The number of benzene rings is 1. The van der Waals surface area contributed by atoms with Gasteiger partial charge in [-0.1, -0.05) is 19.9 Å². The van der Waals surface area contributed by atoms with E-state index in [-0.39, 0.29) is 0 Å². The van der Waals surface area contributed by atoms with Gasteiger partial charge in [-0.05, 0) is 62.1 Å². The summed E-state index contributed by atoms with van der Waals surface area (Å²) in [6.07, 6.45) is 4.21. The monoisotopic (exact) mass is 281 g/mol. The molecular weight excluding hydrogens is 256 g/mol. The maximum Gasteiger partial charge on any atom is 0.129 e. The fraction of sp³-hybridized carbons (Fsp3) is 0.647. The van der Waals surface area contributed by atoms with E-state index in [0.717, 1.165) is 18.9 Å². The van der Waals surface area contributed by atoms with Crippen LogP contribution in [0.3, 0.4) is 0 Å². The molecule has 0 spiro atoms. The molecule has 1 nitrogen and oxygen atoms in total. The van der Waals surface area contributed by atoms with E-state index in [0.29, 0.717) is 35.8 Å². The largest absolute Gasteiger partial charge is 0.317 e. The second-order valence-corrected chi connectivity index (χ2v) is 6.41. The van der Waals surface area contributed by atoms with Gasteiger partial charge in [0.25, 0.3) is 0 Å². The van der Waals surface area contributed by atoms with E-state index >= 15 is 0 Å². The fourth-order valence-corrected chi connectivity index (χ4v) is 3.48. The third-order valence-electron chi connectivity index (χ3n) is 4.83. The van der Waals surface area contributed by atoms with Gasteiger partial charge in [-0.25, -0.2) is 8.78 Å². The van der Waals surface area contributed by atoms with Crippen molar-refractivity contribution >= 4 is 0 Å². The summed E-state index contributed by atoms with van der Waals surface area (Å²) in [5.74, 6) is 0.911. The van der Waals surface area contributed by atoms with Crippen LogP contribution in [0.4, 0.5) is 8.78 Å². The van der Waals surface area contributed by atoms with E-state index in [1.54, 1.807) is 6.07 Å². The lowest BCUT2D eigenvalue weighted by Crippen LogP contribution is -2.40. The Kier molecular flexibility index (Phi) is 5.14. The zero-order valence-corrected chi connectivity index (χ0v) is 12.6. The van der Waals surface area contributed by atoms with Gasteiger partial charge in [-0.3, -0.25) is 0 Å². The highest BCUT2D eigenvalue weighted by molar-refractivity contribution is 5.19. The van der Waals surface area contributed by atoms with Crippen LogP contribution in [0.5, 0.6) is 0 Å². The molecule has 1 saturated carbocycles. The first-order chi connectivity index (χ1) is 9.51. The van der Waals surface area contributed by atoms with Crippen LogP contribution in [0.1, 0.15) is 38.7 Å². The molecule has 3 heteroatoms. The maximum absolute atomic E-state index is 13.8. The van der Waals surface area contributed by atoms with Gasteiger partial charge >= 0.3 is 0 Å². The number of hydrogen-bond acceptors (Lipinski definition) is 1. The van der Waals surface area contributed by atoms with Gasteiger partial charge in [0.1, 0.15) is 11.6 Å². The fourth-order valence-electron chi connectivity index (χ4n) is 3.48. The van der Waals surface area contributed by atoms with Crippen LogP contribution in [0.2, 0.25) is 0 Å². The van der Waals surface area contributed by atoms with Crippen molar-refractivity contribution in [1.82, 2.24) is 5.32 Å². The molecule has 1 aromatic rings. The van der Waals surface area contributed by atoms with Crippen LogP contribution in [0.25, 0.3) is 0 Å². The van der Waals surface area contributed by atoms with Gasteiger partial charge in [-0.2, -0.15) is 0 Å². The average Bonchev–Trinajstić information content (AvgIpc) is 2.41. The van der Waals surface area contributed by atoms with Gasteiger partial charge in [0.05, 0.1) is 0 Å². The smallest absolute Gasteiger partial charge is 0.129 e. The molecule has 0 aliphatic heterocycles. The molecule has 1 N–H and O–H groups in total. The molecule has 3 atom stereocenters. The SMILES string of the molecule is CNC1CCC(C(C)C)CC1Cc1ccc(F)cc1F. The predicted molar refractivity (Wildman–Crippen MR) is 78.6 cm³/mol. The minimum atomic E-state index is -0.500. The number of nitrogens with one attached hydrogen (secondary N) is 1. The first-order valence-corrected chi connectivity index (χ1v) is 7.62. The molecule has 112 valence electrons. The molecule has 1 aliphatic carbocycles. The second kappa shape index (κ2) is 6.66. The number of halogens is 2. The number of hydrogen-bond donors (Lipinski definition) is 1.